The van der Waals surface area contributed by atoms with Crippen LogP contribution in [0.2, 0.25) is 0 Å². The Hall–Kier alpha value is -3.22. The molecule has 2 aromatic carbocycles. The van der Waals surface area contributed by atoms with Crippen molar-refractivity contribution in [2.75, 3.05) is 13.1 Å². The monoisotopic (exact) mass is 409 g/mol. The van der Waals surface area contributed by atoms with Gasteiger partial charge in [0.05, 0.1) is 10.8 Å². The Morgan fingerprint density at radius 3 is 2.40 bits per heavy atom. The van der Waals surface area contributed by atoms with Gasteiger partial charge in [0.1, 0.15) is 0 Å². The number of piperidine rings is 1. The lowest BCUT2D eigenvalue weighted by atomic mass is 9.93. The maximum atomic E-state index is 13.0. The summed E-state index contributed by atoms with van der Waals surface area (Å²) in [7, 11) is 0. The summed E-state index contributed by atoms with van der Waals surface area (Å²) in [5.74, 6) is -0.242. The molecule has 0 saturated carbocycles. The number of carbonyl (C=O) groups excluding carboxylic acids is 2. The van der Waals surface area contributed by atoms with Gasteiger partial charge in [-0.05, 0) is 43.9 Å². The van der Waals surface area contributed by atoms with E-state index in [1.807, 2.05) is 42.2 Å². The van der Waals surface area contributed by atoms with E-state index in [0.717, 1.165) is 12.0 Å². The number of amides is 2. The van der Waals surface area contributed by atoms with Crippen LogP contribution < -0.4 is 5.32 Å². The normalized spacial score (nSPS) is 15.5. The number of likely N-dealkylation sites (tertiary alicyclic amines) is 1. The molecule has 0 aromatic heterocycles. The first-order valence-electron chi connectivity index (χ1n) is 10.3. The molecule has 1 N–H and O–H groups in total. The molecule has 0 unspecified atom stereocenters. The summed E-state index contributed by atoms with van der Waals surface area (Å²) in [6, 6.07) is 14.2. The Morgan fingerprint density at radius 1 is 1.17 bits per heavy atom. The first-order chi connectivity index (χ1) is 14.4. The molecule has 0 bridgehead atoms. The fourth-order valence-electron chi connectivity index (χ4n) is 3.97. The van der Waals surface area contributed by atoms with E-state index in [2.05, 4.69) is 5.32 Å². The van der Waals surface area contributed by atoms with E-state index in [1.165, 1.54) is 18.2 Å². The van der Waals surface area contributed by atoms with Crippen molar-refractivity contribution in [3.8, 4) is 0 Å². The molecule has 7 nitrogen and oxygen atoms in total. The predicted molar refractivity (Wildman–Crippen MR) is 114 cm³/mol. The van der Waals surface area contributed by atoms with Crippen molar-refractivity contribution in [2.45, 2.75) is 45.1 Å². The van der Waals surface area contributed by atoms with Crippen LogP contribution in [0.3, 0.4) is 0 Å². The predicted octanol–water partition coefficient (Wildman–Crippen LogP) is 3.82. The van der Waals surface area contributed by atoms with Crippen molar-refractivity contribution in [3.63, 3.8) is 0 Å². The molecular formula is C23H27N3O4. The number of nitro benzene ring substituents is 1. The average Bonchev–Trinajstić information content (AvgIpc) is 2.75. The lowest BCUT2D eigenvalue weighted by Gasteiger charge is -2.34. The van der Waals surface area contributed by atoms with Gasteiger partial charge in [0, 0.05) is 36.3 Å². The number of carbonyl (C=O) groups is 2. The Morgan fingerprint density at radius 2 is 1.83 bits per heavy atom. The molecule has 0 spiro atoms. The summed E-state index contributed by atoms with van der Waals surface area (Å²) >= 11 is 0. The Bertz CT molecular complexity index is 921. The second-order valence-electron chi connectivity index (χ2n) is 7.70. The minimum atomic E-state index is -0.456. The molecule has 1 atom stereocenters. The molecule has 0 radical (unpaired) electrons. The van der Waals surface area contributed by atoms with Gasteiger partial charge >= 0.3 is 0 Å². The van der Waals surface area contributed by atoms with Crippen LogP contribution in [0.25, 0.3) is 0 Å². The number of nitrogens with one attached hydrogen (secondary N) is 1. The van der Waals surface area contributed by atoms with Gasteiger partial charge in [-0.2, -0.15) is 0 Å². The molecular weight excluding hydrogens is 382 g/mol. The third-order valence-electron chi connectivity index (χ3n) is 5.71. The molecule has 0 aliphatic carbocycles. The van der Waals surface area contributed by atoms with Crippen LogP contribution in [0.15, 0.2) is 48.5 Å². The van der Waals surface area contributed by atoms with Crippen LogP contribution in [0.1, 0.15) is 53.6 Å². The number of benzene rings is 2. The van der Waals surface area contributed by atoms with Gasteiger partial charge in [0.25, 0.3) is 11.6 Å². The summed E-state index contributed by atoms with van der Waals surface area (Å²) < 4.78 is 0. The molecule has 1 aliphatic heterocycles. The lowest BCUT2D eigenvalue weighted by molar-refractivity contribution is -0.385. The first kappa shape index (κ1) is 21.5. The highest BCUT2D eigenvalue weighted by Crippen LogP contribution is 2.24. The van der Waals surface area contributed by atoms with Gasteiger partial charge in [-0.25, -0.2) is 0 Å². The summed E-state index contributed by atoms with van der Waals surface area (Å²) in [4.78, 5) is 37.9. The van der Waals surface area contributed by atoms with E-state index in [0.29, 0.717) is 37.1 Å². The molecule has 1 aliphatic rings. The van der Waals surface area contributed by atoms with Crippen LogP contribution in [0.5, 0.6) is 0 Å². The number of hydrogen-bond donors (Lipinski definition) is 1. The zero-order valence-electron chi connectivity index (χ0n) is 17.3. The van der Waals surface area contributed by atoms with Crippen LogP contribution in [0.4, 0.5) is 5.69 Å². The van der Waals surface area contributed by atoms with Crippen LogP contribution in [-0.4, -0.2) is 40.8 Å². The molecule has 2 amide bonds. The first-order valence-corrected chi connectivity index (χ1v) is 10.3. The third-order valence-corrected chi connectivity index (χ3v) is 5.71. The van der Waals surface area contributed by atoms with Gasteiger partial charge in [0.15, 0.2) is 0 Å². The second-order valence-corrected chi connectivity index (χ2v) is 7.70. The van der Waals surface area contributed by atoms with Crippen LogP contribution in [0, 0.1) is 17.0 Å². The zero-order chi connectivity index (χ0) is 21.7. The van der Waals surface area contributed by atoms with Gasteiger partial charge < -0.3 is 10.2 Å². The highest BCUT2D eigenvalue weighted by atomic mass is 16.6. The number of aryl methyl sites for hydroxylation is 1. The number of hydrogen-bond acceptors (Lipinski definition) is 4. The Balaban J connectivity index is 1.56. The minimum Gasteiger partial charge on any atom is -0.349 e. The fraction of sp³-hybridized carbons (Fsp3) is 0.391. The van der Waals surface area contributed by atoms with E-state index in [4.69, 9.17) is 0 Å². The largest absolute Gasteiger partial charge is 0.349 e. The van der Waals surface area contributed by atoms with Gasteiger partial charge in [0.2, 0.25) is 5.91 Å². The number of nitrogens with zero attached hydrogens (tertiary/aromatic N) is 2. The maximum Gasteiger partial charge on any atom is 0.272 e. The van der Waals surface area contributed by atoms with E-state index in [-0.39, 0.29) is 29.5 Å². The van der Waals surface area contributed by atoms with Gasteiger partial charge in [-0.3, -0.25) is 19.7 Å². The van der Waals surface area contributed by atoms with Crippen molar-refractivity contribution in [1.29, 1.82) is 0 Å². The van der Waals surface area contributed by atoms with Crippen LogP contribution >= 0.6 is 0 Å². The molecule has 158 valence electrons. The third kappa shape index (κ3) is 4.84. The van der Waals surface area contributed by atoms with Crippen molar-refractivity contribution < 1.29 is 14.5 Å². The van der Waals surface area contributed by atoms with Crippen molar-refractivity contribution in [1.82, 2.24) is 10.2 Å². The SMILES string of the molecule is CC[C@H](C(=O)N1CCC(NC(=O)c2ccc([N+](=O)[O-])c(C)c2)CC1)c1ccccc1. The topological polar surface area (TPSA) is 92.6 Å². The molecule has 1 heterocycles. The standard InChI is InChI=1S/C23H27N3O4/c1-3-20(17-7-5-4-6-8-17)23(28)25-13-11-19(12-14-25)24-22(27)18-9-10-21(26(29)30)16(2)15-18/h4-10,15,19-20H,3,11-14H2,1-2H3,(H,24,27)/t20-/m0/s1. The lowest BCUT2D eigenvalue weighted by Crippen LogP contribution is -2.47. The van der Waals surface area contributed by atoms with Crippen molar-refractivity contribution in [2.24, 2.45) is 0 Å². The summed E-state index contributed by atoms with van der Waals surface area (Å²) in [6.07, 6.45) is 2.13. The molecule has 30 heavy (non-hydrogen) atoms. The number of rotatable bonds is 6. The summed E-state index contributed by atoms with van der Waals surface area (Å²) in [5.41, 5.74) is 1.91. The quantitative estimate of drug-likeness (QED) is 0.580. The number of nitro groups is 1. The minimum absolute atomic E-state index is 0.00210. The zero-order valence-corrected chi connectivity index (χ0v) is 17.3. The van der Waals surface area contributed by atoms with Crippen LogP contribution in [-0.2, 0) is 4.79 Å². The highest BCUT2D eigenvalue weighted by Gasteiger charge is 2.29. The molecule has 2 aromatic rings. The molecule has 1 saturated heterocycles. The smallest absolute Gasteiger partial charge is 0.272 e. The summed E-state index contributed by atoms with van der Waals surface area (Å²) in [5, 5.41) is 13.9. The second kappa shape index (κ2) is 9.52. The van der Waals surface area contributed by atoms with Gasteiger partial charge in [-0.1, -0.05) is 37.3 Å². The van der Waals surface area contributed by atoms with E-state index >= 15 is 0 Å². The van der Waals surface area contributed by atoms with Crippen molar-refractivity contribution in [3.05, 3.63) is 75.3 Å². The highest BCUT2D eigenvalue weighted by molar-refractivity contribution is 5.95. The maximum absolute atomic E-state index is 13.0. The average molecular weight is 409 g/mol. The van der Waals surface area contributed by atoms with E-state index in [1.54, 1.807) is 6.92 Å². The van der Waals surface area contributed by atoms with E-state index < -0.39 is 4.92 Å². The molecule has 7 heteroatoms. The fourth-order valence-corrected chi connectivity index (χ4v) is 3.97. The van der Waals surface area contributed by atoms with Crippen molar-refractivity contribution >= 4 is 17.5 Å². The van der Waals surface area contributed by atoms with Gasteiger partial charge in [-0.15, -0.1) is 0 Å². The molecule has 3 rings (SSSR count). The Labute approximate surface area is 176 Å². The Kier molecular flexibility index (Phi) is 6.82. The van der Waals surface area contributed by atoms with E-state index in [9.17, 15) is 19.7 Å². The molecule has 1 fully saturated rings. The summed E-state index contributed by atoms with van der Waals surface area (Å²) in [6.45, 7) is 4.85.